The normalized spacial score (nSPS) is 12.3. The molecule has 1 N–H and O–H groups in total. The molecule has 0 saturated heterocycles. The van der Waals surface area contributed by atoms with Crippen LogP contribution in [0, 0.1) is 0 Å². The fourth-order valence-electron chi connectivity index (χ4n) is 1.90. The van der Waals surface area contributed by atoms with Gasteiger partial charge in [-0.2, -0.15) is 13.2 Å². The van der Waals surface area contributed by atoms with Crippen LogP contribution in [0.25, 0.3) is 0 Å². The zero-order chi connectivity index (χ0) is 17.1. The van der Waals surface area contributed by atoms with E-state index in [9.17, 15) is 21.6 Å². The van der Waals surface area contributed by atoms with E-state index in [1.165, 1.54) is 0 Å². The van der Waals surface area contributed by atoms with Crippen molar-refractivity contribution >= 4 is 21.6 Å². The number of halogens is 4. The van der Waals surface area contributed by atoms with Gasteiger partial charge in [0.2, 0.25) is 10.0 Å². The summed E-state index contributed by atoms with van der Waals surface area (Å²) in [6.45, 7) is -0.0702. The Balaban J connectivity index is 2.20. The Bertz CT molecular complexity index is 780. The maximum Gasteiger partial charge on any atom is 0.417 e. The van der Waals surface area contributed by atoms with Gasteiger partial charge in [-0.1, -0.05) is 17.7 Å². The summed E-state index contributed by atoms with van der Waals surface area (Å²) < 4.78 is 65.4. The summed E-state index contributed by atoms with van der Waals surface area (Å²) in [5, 5.41) is -0.190. The molecule has 0 fully saturated rings. The van der Waals surface area contributed by atoms with E-state index >= 15 is 0 Å². The van der Waals surface area contributed by atoms with Gasteiger partial charge in [0.05, 0.1) is 10.5 Å². The van der Waals surface area contributed by atoms with Gasteiger partial charge in [0.1, 0.15) is 0 Å². The largest absolute Gasteiger partial charge is 0.417 e. The number of nitrogens with zero attached hydrogens (tertiary/aromatic N) is 1. The molecular formula is C14H12ClF3N2O2S. The molecule has 0 aliphatic carbocycles. The lowest BCUT2D eigenvalue weighted by Gasteiger charge is -2.14. The summed E-state index contributed by atoms with van der Waals surface area (Å²) in [5.41, 5.74) is -0.669. The molecule has 23 heavy (non-hydrogen) atoms. The number of benzene rings is 1. The highest BCUT2D eigenvalue weighted by molar-refractivity contribution is 7.89. The quantitative estimate of drug-likeness (QED) is 0.885. The van der Waals surface area contributed by atoms with Gasteiger partial charge in [-0.05, 0) is 30.3 Å². The van der Waals surface area contributed by atoms with Crippen LogP contribution >= 0.6 is 11.6 Å². The Kier molecular flexibility index (Phi) is 5.28. The molecule has 0 bridgehead atoms. The van der Waals surface area contributed by atoms with Crippen molar-refractivity contribution in [3.05, 3.63) is 58.9 Å². The van der Waals surface area contributed by atoms with Crippen molar-refractivity contribution in [3.63, 3.8) is 0 Å². The molecule has 0 aliphatic rings. The van der Waals surface area contributed by atoms with Crippen LogP contribution in [0.4, 0.5) is 13.2 Å². The number of aromatic nitrogens is 1. The monoisotopic (exact) mass is 364 g/mol. The number of hydrogen-bond acceptors (Lipinski definition) is 3. The summed E-state index contributed by atoms with van der Waals surface area (Å²) in [6.07, 6.45) is -3.02. The summed E-state index contributed by atoms with van der Waals surface area (Å²) in [6, 6.07) is 7.67. The summed E-state index contributed by atoms with van der Waals surface area (Å²) in [4.78, 5) is 3.16. The zero-order valence-corrected chi connectivity index (χ0v) is 13.2. The number of alkyl halides is 3. The minimum absolute atomic E-state index is 0.0702. The van der Waals surface area contributed by atoms with Gasteiger partial charge >= 0.3 is 6.18 Å². The molecule has 0 radical (unpaired) electrons. The predicted octanol–water partition coefficient (Wildman–Crippen LogP) is 3.27. The second-order valence-corrected chi connectivity index (χ2v) is 6.78. The van der Waals surface area contributed by atoms with Crippen LogP contribution < -0.4 is 4.72 Å². The topological polar surface area (TPSA) is 59.1 Å². The molecule has 1 aromatic carbocycles. The highest BCUT2D eigenvalue weighted by Crippen LogP contribution is 2.35. The highest BCUT2D eigenvalue weighted by atomic mass is 35.5. The molecular weight excluding hydrogens is 353 g/mol. The summed E-state index contributed by atoms with van der Waals surface area (Å²) in [5.74, 6) is 0. The van der Waals surface area contributed by atoms with Crippen molar-refractivity contribution in [3.8, 4) is 0 Å². The number of nitrogens with one attached hydrogen (secondary N) is 1. The Morgan fingerprint density at radius 1 is 1.17 bits per heavy atom. The predicted molar refractivity (Wildman–Crippen MR) is 79.6 cm³/mol. The smallest absolute Gasteiger partial charge is 0.261 e. The molecule has 0 aliphatic heterocycles. The minimum Gasteiger partial charge on any atom is -0.261 e. The van der Waals surface area contributed by atoms with E-state index in [0.717, 1.165) is 12.1 Å². The van der Waals surface area contributed by atoms with Crippen LogP contribution in [-0.2, 0) is 22.6 Å². The molecule has 1 heterocycles. The van der Waals surface area contributed by atoms with Gasteiger partial charge in [-0.3, -0.25) is 4.98 Å². The number of rotatable bonds is 5. The lowest BCUT2D eigenvalue weighted by Crippen LogP contribution is -2.28. The lowest BCUT2D eigenvalue weighted by atomic mass is 10.2. The average Bonchev–Trinajstić information content (AvgIpc) is 2.47. The molecule has 0 spiro atoms. The van der Waals surface area contributed by atoms with Gasteiger partial charge in [0.15, 0.2) is 0 Å². The molecule has 4 nitrogen and oxygen atoms in total. The van der Waals surface area contributed by atoms with Crippen molar-refractivity contribution in [2.75, 3.05) is 6.54 Å². The van der Waals surface area contributed by atoms with Crippen molar-refractivity contribution in [1.29, 1.82) is 0 Å². The highest BCUT2D eigenvalue weighted by Gasteiger charge is 2.37. The first-order valence-corrected chi connectivity index (χ1v) is 8.32. The average molecular weight is 365 g/mol. The third kappa shape index (κ3) is 4.66. The van der Waals surface area contributed by atoms with Gasteiger partial charge in [0.25, 0.3) is 0 Å². The van der Waals surface area contributed by atoms with Crippen LogP contribution in [0.3, 0.4) is 0 Å². The standard InChI is InChI=1S/C14H12ClF3N2O2S/c15-10-4-5-13(12(9-10)14(16,17)18)23(21,22)20-8-6-11-3-1-2-7-19-11/h1-5,7,9,20H,6,8H2. The van der Waals surface area contributed by atoms with Crippen LogP contribution in [0.15, 0.2) is 47.5 Å². The van der Waals surface area contributed by atoms with Gasteiger partial charge in [-0.25, -0.2) is 13.1 Å². The van der Waals surface area contributed by atoms with Crippen LogP contribution in [-0.4, -0.2) is 19.9 Å². The Labute approximate surface area is 136 Å². The van der Waals surface area contributed by atoms with Crippen molar-refractivity contribution in [1.82, 2.24) is 9.71 Å². The Morgan fingerprint density at radius 2 is 1.91 bits per heavy atom. The van der Waals surface area contributed by atoms with E-state index in [0.29, 0.717) is 11.8 Å². The molecule has 0 saturated carbocycles. The molecule has 124 valence electrons. The SMILES string of the molecule is O=S(=O)(NCCc1ccccn1)c1ccc(Cl)cc1C(F)(F)F. The van der Waals surface area contributed by atoms with E-state index in [2.05, 4.69) is 9.71 Å². The molecule has 2 rings (SSSR count). The maximum absolute atomic E-state index is 13.0. The van der Waals surface area contributed by atoms with Crippen molar-refractivity contribution in [2.24, 2.45) is 0 Å². The van der Waals surface area contributed by atoms with Gasteiger partial charge in [0, 0.05) is 29.9 Å². The number of sulfonamides is 1. The first kappa shape index (κ1) is 17.7. The van der Waals surface area contributed by atoms with E-state index in [4.69, 9.17) is 11.6 Å². The molecule has 0 amide bonds. The van der Waals surface area contributed by atoms with Gasteiger partial charge in [-0.15, -0.1) is 0 Å². The van der Waals surface area contributed by atoms with Crippen molar-refractivity contribution < 1.29 is 21.6 Å². The molecule has 0 unspecified atom stereocenters. The van der Waals surface area contributed by atoms with E-state index < -0.39 is 26.7 Å². The molecule has 2 aromatic rings. The second-order valence-electron chi connectivity index (χ2n) is 4.61. The van der Waals surface area contributed by atoms with Gasteiger partial charge < -0.3 is 0 Å². The molecule has 9 heteroatoms. The molecule has 0 atom stereocenters. The third-order valence-corrected chi connectivity index (χ3v) is 4.69. The maximum atomic E-state index is 13.0. The summed E-state index contributed by atoms with van der Waals surface area (Å²) >= 11 is 5.53. The summed E-state index contributed by atoms with van der Waals surface area (Å²) in [7, 11) is -4.32. The van der Waals surface area contributed by atoms with Crippen LogP contribution in [0.2, 0.25) is 5.02 Å². The van der Waals surface area contributed by atoms with Crippen LogP contribution in [0.5, 0.6) is 0 Å². The third-order valence-electron chi connectivity index (χ3n) is 2.94. The fraction of sp³-hybridized carbons (Fsp3) is 0.214. The van der Waals surface area contributed by atoms with Crippen molar-refractivity contribution in [2.45, 2.75) is 17.5 Å². The van der Waals surface area contributed by atoms with E-state index in [-0.39, 0.29) is 18.0 Å². The Morgan fingerprint density at radius 3 is 2.52 bits per heavy atom. The first-order chi connectivity index (χ1) is 10.7. The number of pyridine rings is 1. The van der Waals surface area contributed by atoms with E-state index in [1.807, 2.05) is 0 Å². The zero-order valence-electron chi connectivity index (χ0n) is 11.6. The number of hydrogen-bond donors (Lipinski definition) is 1. The first-order valence-electron chi connectivity index (χ1n) is 6.46. The Hall–Kier alpha value is -1.64. The molecule has 1 aromatic heterocycles. The lowest BCUT2D eigenvalue weighted by molar-refractivity contribution is -0.139. The fourth-order valence-corrected chi connectivity index (χ4v) is 3.31. The second kappa shape index (κ2) is 6.86. The van der Waals surface area contributed by atoms with E-state index in [1.54, 1.807) is 24.4 Å². The minimum atomic E-state index is -4.82. The van der Waals surface area contributed by atoms with Crippen LogP contribution in [0.1, 0.15) is 11.3 Å².